The number of H-pyrrole nitrogens is 1. The molecule has 5 rings (SSSR count). The number of thiazole rings is 1. The topological polar surface area (TPSA) is 71.1 Å². The lowest BCUT2D eigenvalue weighted by molar-refractivity contribution is 0.0590. The fourth-order valence-electron chi connectivity index (χ4n) is 3.81. The summed E-state index contributed by atoms with van der Waals surface area (Å²) in [6.45, 7) is 3.27. The van der Waals surface area contributed by atoms with Crippen LogP contribution in [0.4, 0.5) is 4.39 Å². The Morgan fingerprint density at radius 1 is 1.19 bits per heavy atom. The molecule has 0 spiro atoms. The van der Waals surface area contributed by atoms with Crippen molar-refractivity contribution < 1.29 is 13.9 Å². The van der Waals surface area contributed by atoms with Crippen molar-refractivity contribution in [3.63, 3.8) is 0 Å². The Morgan fingerprint density at radius 3 is 2.71 bits per heavy atom. The SMILES string of the molecule is Cc1cccc2sc(OC3CCN(C(=O)c4cc(-c5ccc(F)cc5)n[nH]4)CC3)nc12. The van der Waals surface area contributed by atoms with E-state index in [-0.39, 0.29) is 17.8 Å². The molecule has 6 nitrogen and oxygen atoms in total. The Morgan fingerprint density at radius 2 is 1.97 bits per heavy atom. The van der Waals surface area contributed by atoms with E-state index in [0.29, 0.717) is 29.7 Å². The zero-order valence-electron chi connectivity index (χ0n) is 17.0. The molecule has 8 heteroatoms. The maximum absolute atomic E-state index is 13.1. The van der Waals surface area contributed by atoms with Crippen molar-refractivity contribution in [2.24, 2.45) is 0 Å². The fourth-order valence-corrected chi connectivity index (χ4v) is 4.76. The van der Waals surface area contributed by atoms with E-state index in [1.165, 1.54) is 12.1 Å². The van der Waals surface area contributed by atoms with Crippen molar-refractivity contribution in [3.05, 3.63) is 65.6 Å². The van der Waals surface area contributed by atoms with Crippen LogP contribution in [-0.4, -0.2) is 45.2 Å². The van der Waals surface area contributed by atoms with E-state index in [9.17, 15) is 9.18 Å². The smallest absolute Gasteiger partial charge is 0.274 e. The highest BCUT2D eigenvalue weighted by Gasteiger charge is 2.26. The van der Waals surface area contributed by atoms with E-state index in [4.69, 9.17) is 4.74 Å². The lowest BCUT2D eigenvalue weighted by Crippen LogP contribution is -2.41. The van der Waals surface area contributed by atoms with Crippen LogP contribution in [0.5, 0.6) is 5.19 Å². The summed E-state index contributed by atoms with van der Waals surface area (Å²) in [7, 11) is 0. The van der Waals surface area contributed by atoms with Crippen LogP contribution in [0, 0.1) is 12.7 Å². The van der Waals surface area contributed by atoms with Crippen molar-refractivity contribution in [3.8, 4) is 16.5 Å². The van der Waals surface area contributed by atoms with Gasteiger partial charge >= 0.3 is 0 Å². The van der Waals surface area contributed by atoms with Gasteiger partial charge in [0.15, 0.2) is 0 Å². The number of carbonyl (C=O) groups excluding carboxylic acids is 1. The number of hydrogen-bond donors (Lipinski definition) is 1. The first-order valence-corrected chi connectivity index (χ1v) is 11.0. The zero-order valence-corrected chi connectivity index (χ0v) is 17.8. The number of aromatic amines is 1. The summed E-state index contributed by atoms with van der Waals surface area (Å²) in [5.74, 6) is -0.392. The van der Waals surface area contributed by atoms with E-state index < -0.39 is 0 Å². The van der Waals surface area contributed by atoms with Gasteiger partial charge in [-0.25, -0.2) is 9.37 Å². The summed E-state index contributed by atoms with van der Waals surface area (Å²) in [6.07, 6.45) is 1.54. The number of ether oxygens (including phenoxy) is 1. The number of hydrogen-bond acceptors (Lipinski definition) is 5. The predicted octanol–water partition coefficient (Wildman–Crippen LogP) is 4.82. The minimum absolute atomic E-state index is 0.0430. The number of piperidine rings is 1. The quantitative estimate of drug-likeness (QED) is 0.498. The maximum atomic E-state index is 13.1. The Balaban J connectivity index is 1.20. The van der Waals surface area contributed by atoms with Crippen molar-refractivity contribution >= 4 is 27.5 Å². The highest BCUT2D eigenvalue weighted by Crippen LogP contribution is 2.31. The van der Waals surface area contributed by atoms with Gasteiger partial charge in [-0.1, -0.05) is 23.5 Å². The number of para-hydroxylation sites is 1. The second-order valence-electron chi connectivity index (χ2n) is 7.68. The second kappa shape index (κ2) is 8.11. The summed E-state index contributed by atoms with van der Waals surface area (Å²) >= 11 is 1.56. The molecule has 158 valence electrons. The fraction of sp³-hybridized carbons (Fsp3) is 0.261. The predicted molar refractivity (Wildman–Crippen MR) is 118 cm³/mol. The number of amides is 1. The maximum Gasteiger partial charge on any atom is 0.274 e. The molecule has 0 atom stereocenters. The lowest BCUT2D eigenvalue weighted by Gasteiger charge is -2.31. The Kier molecular flexibility index (Phi) is 5.15. The average molecular weight is 437 g/mol. The Bertz CT molecular complexity index is 1230. The van der Waals surface area contributed by atoms with E-state index in [2.05, 4.69) is 21.2 Å². The number of aryl methyl sites for hydroxylation is 1. The second-order valence-corrected chi connectivity index (χ2v) is 8.68. The van der Waals surface area contributed by atoms with E-state index in [0.717, 1.165) is 34.2 Å². The van der Waals surface area contributed by atoms with Gasteiger partial charge in [0.1, 0.15) is 17.6 Å². The number of fused-ring (bicyclic) bond motifs is 1. The standard InChI is InChI=1S/C23H21FN4O2S/c1-14-3-2-4-20-21(14)25-23(31-20)30-17-9-11-28(12-10-17)22(29)19-13-18(26-27-19)15-5-7-16(24)8-6-15/h2-8,13,17H,9-12H2,1H3,(H,26,27). The zero-order chi connectivity index (χ0) is 21.4. The number of rotatable bonds is 4. The third kappa shape index (κ3) is 4.03. The summed E-state index contributed by atoms with van der Waals surface area (Å²) in [5, 5.41) is 7.70. The summed E-state index contributed by atoms with van der Waals surface area (Å²) in [4.78, 5) is 19.3. The molecule has 1 N–H and O–H groups in total. The monoisotopic (exact) mass is 436 g/mol. The molecule has 0 radical (unpaired) electrons. The molecule has 0 aliphatic carbocycles. The first-order chi connectivity index (χ1) is 15.1. The largest absolute Gasteiger partial charge is 0.467 e. The van der Waals surface area contributed by atoms with Gasteiger partial charge < -0.3 is 9.64 Å². The highest BCUT2D eigenvalue weighted by molar-refractivity contribution is 7.20. The molecule has 0 unspecified atom stereocenters. The molecular weight excluding hydrogens is 415 g/mol. The molecule has 0 bridgehead atoms. The number of nitrogens with zero attached hydrogens (tertiary/aromatic N) is 3. The molecule has 1 saturated heterocycles. The molecule has 1 amide bonds. The van der Waals surface area contributed by atoms with E-state index in [1.54, 1.807) is 29.5 Å². The van der Waals surface area contributed by atoms with Crippen molar-refractivity contribution in [1.29, 1.82) is 0 Å². The van der Waals surface area contributed by atoms with Crippen molar-refractivity contribution in [1.82, 2.24) is 20.1 Å². The van der Waals surface area contributed by atoms with Gasteiger partial charge in [-0.15, -0.1) is 0 Å². The third-order valence-electron chi connectivity index (χ3n) is 5.55. The molecule has 4 aromatic rings. The van der Waals surface area contributed by atoms with Crippen LogP contribution in [-0.2, 0) is 0 Å². The molecule has 1 aliphatic heterocycles. The normalized spacial score (nSPS) is 14.8. The molecule has 2 aromatic carbocycles. The van der Waals surface area contributed by atoms with Crippen LogP contribution >= 0.6 is 11.3 Å². The summed E-state index contributed by atoms with van der Waals surface area (Å²) in [6, 6.07) is 13.9. The number of nitrogens with one attached hydrogen (secondary N) is 1. The molecule has 1 aliphatic rings. The molecule has 1 fully saturated rings. The molecular formula is C23H21FN4O2S. The van der Waals surface area contributed by atoms with Crippen LogP contribution in [0.1, 0.15) is 28.9 Å². The molecule has 0 saturated carbocycles. The average Bonchev–Trinajstić information content (AvgIpc) is 3.42. The van der Waals surface area contributed by atoms with Crippen molar-refractivity contribution in [2.45, 2.75) is 25.9 Å². The Labute approximate surface area is 182 Å². The number of likely N-dealkylation sites (tertiary alicyclic amines) is 1. The highest BCUT2D eigenvalue weighted by atomic mass is 32.1. The van der Waals surface area contributed by atoms with Gasteiger partial charge in [0, 0.05) is 31.5 Å². The van der Waals surface area contributed by atoms with E-state index in [1.807, 2.05) is 24.0 Å². The molecule has 2 aromatic heterocycles. The van der Waals surface area contributed by atoms with Crippen LogP contribution < -0.4 is 4.74 Å². The third-order valence-corrected chi connectivity index (χ3v) is 6.46. The first-order valence-electron chi connectivity index (χ1n) is 10.2. The minimum atomic E-state index is -0.304. The van der Waals surface area contributed by atoms with Gasteiger partial charge in [-0.2, -0.15) is 5.10 Å². The van der Waals surface area contributed by atoms with E-state index >= 15 is 0 Å². The molecule has 31 heavy (non-hydrogen) atoms. The summed E-state index contributed by atoms with van der Waals surface area (Å²) < 4.78 is 20.4. The Hall–Kier alpha value is -3.26. The number of aromatic nitrogens is 3. The van der Waals surface area contributed by atoms with Gasteiger partial charge in [0.25, 0.3) is 11.1 Å². The van der Waals surface area contributed by atoms with Crippen LogP contribution in [0.3, 0.4) is 0 Å². The number of halogens is 1. The summed E-state index contributed by atoms with van der Waals surface area (Å²) in [5.41, 5.74) is 3.94. The number of benzene rings is 2. The van der Waals surface area contributed by atoms with Gasteiger partial charge in [-0.05, 0) is 48.9 Å². The van der Waals surface area contributed by atoms with Crippen LogP contribution in [0.15, 0.2) is 48.5 Å². The number of carbonyl (C=O) groups is 1. The lowest BCUT2D eigenvalue weighted by atomic mass is 10.1. The first kappa shape index (κ1) is 19.7. The van der Waals surface area contributed by atoms with Gasteiger partial charge in [0.2, 0.25) is 0 Å². The van der Waals surface area contributed by atoms with Gasteiger partial charge in [-0.3, -0.25) is 9.89 Å². The van der Waals surface area contributed by atoms with Gasteiger partial charge in [0.05, 0.1) is 15.9 Å². The van der Waals surface area contributed by atoms with Crippen molar-refractivity contribution in [2.75, 3.05) is 13.1 Å². The van der Waals surface area contributed by atoms with Crippen LogP contribution in [0.25, 0.3) is 21.5 Å². The van der Waals surface area contributed by atoms with Crippen LogP contribution in [0.2, 0.25) is 0 Å². The molecule has 3 heterocycles. The minimum Gasteiger partial charge on any atom is -0.467 e.